The third-order valence-corrected chi connectivity index (χ3v) is 2.65. The molecule has 0 bridgehead atoms. The molecular weight excluding hydrogens is 172 g/mol. The van der Waals surface area contributed by atoms with E-state index in [9.17, 15) is 4.79 Å². The molecule has 1 amide bonds. The highest BCUT2D eigenvalue weighted by molar-refractivity contribution is 7.09. The van der Waals surface area contributed by atoms with Crippen LogP contribution in [0.3, 0.4) is 0 Å². The summed E-state index contributed by atoms with van der Waals surface area (Å²) < 4.78 is 0. The van der Waals surface area contributed by atoms with E-state index in [0.29, 0.717) is 12.5 Å². The molecule has 1 fully saturated rings. The van der Waals surface area contributed by atoms with Crippen molar-refractivity contribution in [2.24, 2.45) is 5.92 Å². The lowest BCUT2D eigenvalue weighted by Gasteiger charge is -1.99. The first-order chi connectivity index (χ1) is 5.86. The van der Waals surface area contributed by atoms with Crippen LogP contribution in [0.2, 0.25) is 0 Å². The third-order valence-electron chi connectivity index (χ3n) is 1.87. The first kappa shape index (κ1) is 7.73. The summed E-state index contributed by atoms with van der Waals surface area (Å²) in [5.74, 6) is 0.501. The van der Waals surface area contributed by atoms with Gasteiger partial charge in [-0.15, -0.1) is 11.3 Å². The summed E-state index contributed by atoms with van der Waals surface area (Å²) in [6.07, 6.45) is 3.92. The van der Waals surface area contributed by atoms with E-state index >= 15 is 0 Å². The van der Waals surface area contributed by atoms with Gasteiger partial charge in [0.15, 0.2) is 0 Å². The largest absolute Gasteiger partial charge is 0.351 e. The summed E-state index contributed by atoms with van der Waals surface area (Å²) in [5, 5.41) is 2.88. The number of nitrogens with zero attached hydrogens (tertiary/aromatic N) is 1. The summed E-state index contributed by atoms with van der Waals surface area (Å²) in [6.45, 7) is 0.639. The Morgan fingerprint density at radius 2 is 2.58 bits per heavy atom. The van der Waals surface area contributed by atoms with Gasteiger partial charge in [-0.05, 0) is 12.8 Å². The van der Waals surface area contributed by atoms with Crippen LogP contribution >= 0.6 is 11.3 Å². The fourth-order valence-electron chi connectivity index (χ4n) is 0.994. The lowest BCUT2D eigenvalue weighted by molar-refractivity contribution is -0.122. The van der Waals surface area contributed by atoms with E-state index in [1.165, 1.54) is 0 Å². The Morgan fingerprint density at radius 1 is 1.75 bits per heavy atom. The quantitative estimate of drug-likeness (QED) is 0.762. The van der Waals surface area contributed by atoms with Gasteiger partial charge in [-0.25, -0.2) is 0 Å². The van der Waals surface area contributed by atoms with Crippen molar-refractivity contribution in [3.8, 4) is 0 Å². The number of hydrogen-bond acceptors (Lipinski definition) is 3. The molecule has 4 heteroatoms. The van der Waals surface area contributed by atoms with Crippen LogP contribution in [0, 0.1) is 5.92 Å². The van der Waals surface area contributed by atoms with Gasteiger partial charge in [0, 0.05) is 17.0 Å². The van der Waals surface area contributed by atoms with Gasteiger partial charge in [-0.2, -0.15) is 0 Å². The van der Waals surface area contributed by atoms with Gasteiger partial charge < -0.3 is 5.32 Å². The normalized spacial score (nSPS) is 16.0. The van der Waals surface area contributed by atoms with Gasteiger partial charge in [0.1, 0.15) is 0 Å². The molecule has 3 nitrogen and oxygen atoms in total. The molecule has 64 valence electrons. The minimum Gasteiger partial charge on any atom is -0.351 e. The molecule has 1 aliphatic rings. The van der Waals surface area contributed by atoms with E-state index in [2.05, 4.69) is 10.3 Å². The first-order valence-corrected chi connectivity index (χ1v) is 4.89. The van der Waals surface area contributed by atoms with Crippen molar-refractivity contribution < 1.29 is 4.79 Å². The molecule has 1 aromatic heterocycles. The average Bonchev–Trinajstić information content (AvgIpc) is 2.80. The lowest BCUT2D eigenvalue weighted by atomic mass is 10.4. The van der Waals surface area contributed by atoms with Crippen molar-refractivity contribution in [2.75, 3.05) is 0 Å². The van der Waals surface area contributed by atoms with Crippen molar-refractivity contribution in [2.45, 2.75) is 19.4 Å². The van der Waals surface area contributed by atoms with Crippen molar-refractivity contribution in [1.82, 2.24) is 10.3 Å². The van der Waals surface area contributed by atoms with Crippen LogP contribution in [0.25, 0.3) is 0 Å². The van der Waals surface area contributed by atoms with Crippen LogP contribution in [0.5, 0.6) is 0 Å². The average molecular weight is 182 g/mol. The molecule has 0 aliphatic heterocycles. The Bertz CT molecular complexity index is 267. The zero-order valence-corrected chi connectivity index (χ0v) is 7.43. The minimum absolute atomic E-state index is 0.198. The van der Waals surface area contributed by atoms with Gasteiger partial charge >= 0.3 is 0 Å². The van der Waals surface area contributed by atoms with E-state index in [4.69, 9.17) is 0 Å². The number of amides is 1. The Labute approximate surface area is 74.8 Å². The summed E-state index contributed by atoms with van der Waals surface area (Å²) in [7, 11) is 0. The highest BCUT2D eigenvalue weighted by Gasteiger charge is 2.29. The van der Waals surface area contributed by atoms with Crippen molar-refractivity contribution >= 4 is 17.2 Å². The van der Waals surface area contributed by atoms with E-state index in [1.54, 1.807) is 23.0 Å². The van der Waals surface area contributed by atoms with Gasteiger partial charge in [0.05, 0.1) is 12.1 Å². The Morgan fingerprint density at radius 3 is 3.17 bits per heavy atom. The second kappa shape index (κ2) is 3.23. The topological polar surface area (TPSA) is 42.0 Å². The molecule has 1 saturated carbocycles. The Balaban J connectivity index is 1.78. The molecule has 12 heavy (non-hydrogen) atoms. The highest BCUT2D eigenvalue weighted by Crippen LogP contribution is 2.28. The standard InChI is InChI=1S/C8H10N2OS/c11-8(6-1-2-6)10-4-7-3-9-5-12-7/h3,5-6H,1-2,4H2,(H,10,11). The highest BCUT2D eigenvalue weighted by atomic mass is 32.1. The Kier molecular flexibility index (Phi) is 2.08. The predicted octanol–water partition coefficient (Wildman–Crippen LogP) is 1.17. The fraction of sp³-hybridized carbons (Fsp3) is 0.500. The van der Waals surface area contributed by atoms with Crippen LogP contribution < -0.4 is 5.32 Å². The molecular formula is C8H10N2OS. The molecule has 1 aliphatic carbocycles. The number of thiazole rings is 1. The molecule has 2 rings (SSSR count). The summed E-state index contributed by atoms with van der Waals surface area (Å²) >= 11 is 1.57. The second-order valence-corrected chi connectivity index (χ2v) is 3.93. The van der Waals surface area contributed by atoms with Gasteiger partial charge in [0.25, 0.3) is 0 Å². The molecule has 1 aromatic rings. The maximum Gasteiger partial charge on any atom is 0.223 e. The van der Waals surface area contributed by atoms with Crippen LogP contribution in [0.1, 0.15) is 17.7 Å². The molecule has 0 unspecified atom stereocenters. The predicted molar refractivity (Wildman–Crippen MR) is 46.7 cm³/mol. The number of rotatable bonds is 3. The zero-order valence-electron chi connectivity index (χ0n) is 6.62. The molecule has 0 saturated heterocycles. The van der Waals surface area contributed by atoms with Gasteiger partial charge in [-0.3, -0.25) is 9.78 Å². The maximum atomic E-state index is 11.2. The number of hydrogen-bond donors (Lipinski definition) is 1. The molecule has 0 spiro atoms. The van der Waals surface area contributed by atoms with E-state index in [-0.39, 0.29) is 5.91 Å². The monoisotopic (exact) mass is 182 g/mol. The fourth-order valence-corrected chi connectivity index (χ4v) is 1.53. The lowest BCUT2D eigenvalue weighted by Crippen LogP contribution is -2.23. The second-order valence-electron chi connectivity index (χ2n) is 2.96. The molecule has 1 N–H and O–H groups in total. The maximum absolute atomic E-state index is 11.2. The zero-order chi connectivity index (χ0) is 8.39. The SMILES string of the molecule is O=C(NCc1cncs1)C1CC1. The summed E-state index contributed by atoms with van der Waals surface area (Å²) in [6, 6.07) is 0. The Hall–Kier alpha value is -0.900. The number of aromatic nitrogens is 1. The summed E-state index contributed by atoms with van der Waals surface area (Å²) in [5.41, 5.74) is 1.78. The van der Waals surface area contributed by atoms with Crippen molar-refractivity contribution in [3.63, 3.8) is 0 Å². The van der Waals surface area contributed by atoms with E-state index in [0.717, 1.165) is 17.7 Å². The van der Waals surface area contributed by atoms with Crippen LogP contribution in [-0.2, 0) is 11.3 Å². The molecule has 0 aromatic carbocycles. The summed E-state index contributed by atoms with van der Waals surface area (Å²) in [4.78, 5) is 16.2. The van der Waals surface area contributed by atoms with Crippen molar-refractivity contribution in [1.29, 1.82) is 0 Å². The first-order valence-electron chi connectivity index (χ1n) is 4.01. The van der Waals surface area contributed by atoms with E-state index < -0.39 is 0 Å². The number of nitrogens with one attached hydrogen (secondary N) is 1. The van der Waals surface area contributed by atoms with Crippen LogP contribution in [0.15, 0.2) is 11.7 Å². The van der Waals surface area contributed by atoms with Crippen LogP contribution in [-0.4, -0.2) is 10.9 Å². The minimum atomic E-state index is 0.198. The molecule has 0 radical (unpaired) electrons. The molecule has 1 heterocycles. The van der Waals surface area contributed by atoms with E-state index in [1.807, 2.05) is 0 Å². The van der Waals surface area contributed by atoms with Crippen LogP contribution in [0.4, 0.5) is 0 Å². The van der Waals surface area contributed by atoms with Crippen molar-refractivity contribution in [3.05, 3.63) is 16.6 Å². The molecule has 0 atom stereocenters. The van der Waals surface area contributed by atoms with Gasteiger partial charge in [0.2, 0.25) is 5.91 Å². The third kappa shape index (κ3) is 1.82. The smallest absolute Gasteiger partial charge is 0.223 e. The van der Waals surface area contributed by atoms with Gasteiger partial charge in [-0.1, -0.05) is 0 Å². The number of carbonyl (C=O) groups is 1. The number of carbonyl (C=O) groups excluding carboxylic acids is 1.